The number of hydrogen-bond donors (Lipinski definition) is 1. The lowest BCUT2D eigenvalue weighted by Gasteiger charge is -2.33. The molecular formula is C12H14Cl2N2O2. The van der Waals surface area contributed by atoms with E-state index in [0.717, 1.165) is 19.6 Å². The van der Waals surface area contributed by atoms with Crippen molar-refractivity contribution >= 4 is 29.9 Å². The summed E-state index contributed by atoms with van der Waals surface area (Å²) in [6.07, 6.45) is 0. The van der Waals surface area contributed by atoms with Crippen molar-refractivity contribution in [3.05, 3.63) is 28.8 Å². The fourth-order valence-corrected chi connectivity index (χ4v) is 2.56. The number of nitrogens with one attached hydrogen (secondary N) is 1. The Morgan fingerprint density at radius 1 is 1.44 bits per heavy atom. The number of hydrogen-bond acceptors (Lipinski definition) is 3. The van der Waals surface area contributed by atoms with Crippen LogP contribution in [0.25, 0.3) is 0 Å². The number of para-hydroxylation sites is 1. The fraction of sp³-hybridized carbons (Fsp3) is 0.417. The Morgan fingerprint density at radius 2 is 2.28 bits per heavy atom. The number of carbonyl (C=O) groups excluding carboxylic acids is 1. The first kappa shape index (κ1) is 13.5. The van der Waals surface area contributed by atoms with Gasteiger partial charge in [-0.15, -0.1) is 12.4 Å². The minimum Gasteiger partial charge on any atom is -0.489 e. The third kappa shape index (κ3) is 2.16. The van der Waals surface area contributed by atoms with E-state index < -0.39 is 0 Å². The average molecular weight is 289 g/mol. The van der Waals surface area contributed by atoms with Gasteiger partial charge < -0.3 is 15.0 Å². The van der Waals surface area contributed by atoms with Gasteiger partial charge in [0.2, 0.25) is 0 Å². The minimum atomic E-state index is 0. The summed E-state index contributed by atoms with van der Waals surface area (Å²) in [5, 5.41) is 3.77. The summed E-state index contributed by atoms with van der Waals surface area (Å²) < 4.78 is 5.68. The number of nitrogens with zero attached hydrogens (tertiary/aromatic N) is 1. The normalized spacial score (nSPS) is 22.2. The fourth-order valence-electron chi connectivity index (χ4n) is 2.34. The van der Waals surface area contributed by atoms with Crippen LogP contribution in [-0.4, -0.2) is 43.1 Å². The molecule has 1 unspecified atom stereocenters. The second-order valence-corrected chi connectivity index (χ2v) is 4.69. The zero-order valence-corrected chi connectivity index (χ0v) is 11.3. The van der Waals surface area contributed by atoms with E-state index in [-0.39, 0.29) is 24.4 Å². The first-order valence-corrected chi connectivity index (χ1v) is 6.08. The summed E-state index contributed by atoms with van der Waals surface area (Å²) >= 11 is 6.07. The van der Waals surface area contributed by atoms with Crippen molar-refractivity contribution in [1.82, 2.24) is 10.2 Å². The van der Waals surface area contributed by atoms with Crippen LogP contribution in [0.15, 0.2) is 18.2 Å². The maximum Gasteiger partial charge on any atom is 0.258 e. The van der Waals surface area contributed by atoms with E-state index in [2.05, 4.69) is 5.32 Å². The van der Waals surface area contributed by atoms with Crippen molar-refractivity contribution in [3.8, 4) is 5.75 Å². The summed E-state index contributed by atoms with van der Waals surface area (Å²) in [7, 11) is 0. The number of piperazine rings is 1. The lowest BCUT2D eigenvalue weighted by atomic mass is 10.1. The Labute approximate surface area is 117 Å². The van der Waals surface area contributed by atoms with E-state index >= 15 is 0 Å². The molecule has 0 aliphatic carbocycles. The van der Waals surface area contributed by atoms with Crippen LogP contribution in [-0.2, 0) is 0 Å². The van der Waals surface area contributed by atoms with Gasteiger partial charge >= 0.3 is 0 Å². The van der Waals surface area contributed by atoms with E-state index in [9.17, 15) is 4.79 Å². The molecule has 2 heterocycles. The molecule has 0 aromatic heterocycles. The largest absolute Gasteiger partial charge is 0.489 e. The van der Waals surface area contributed by atoms with Gasteiger partial charge in [0.25, 0.3) is 5.91 Å². The van der Waals surface area contributed by atoms with Gasteiger partial charge in [0.1, 0.15) is 6.61 Å². The number of rotatable bonds is 0. The maximum atomic E-state index is 12.4. The molecule has 1 aromatic carbocycles. The molecule has 1 atom stereocenters. The number of ether oxygens (including phenoxy) is 1. The zero-order chi connectivity index (χ0) is 11.8. The van der Waals surface area contributed by atoms with Crippen LogP contribution in [0.5, 0.6) is 5.75 Å². The third-order valence-corrected chi connectivity index (χ3v) is 3.53. The molecule has 18 heavy (non-hydrogen) atoms. The zero-order valence-electron chi connectivity index (χ0n) is 9.69. The highest BCUT2D eigenvalue weighted by Gasteiger charge is 2.33. The molecule has 1 fully saturated rings. The van der Waals surface area contributed by atoms with Gasteiger partial charge in [0, 0.05) is 19.6 Å². The van der Waals surface area contributed by atoms with Gasteiger partial charge in [0.15, 0.2) is 5.75 Å². The highest BCUT2D eigenvalue weighted by atomic mass is 35.5. The monoisotopic (exact) mass is 288 g/mol. The van der Waals surface area contributed by atoms with Crippen LogP contribution in [0, 0.1) is 0 Å². The predicted octanol–water partition coefficient (Wildman–Crippen LogP) is 1.57. The van der Waals surface area contributed by atoms with Gasteiger partial charge in [0.05, 0.1) is 16.6 Å². The van der Waals surface area contributed by atoms with Gasteiger partial charge in [-0.05, 0) is 12.1 Å². The highest BCUT2D eigenvalue weighted by Crippen LogP contribution is 2.32. The van der Waals surface area contributed by atoms with Crippen LogP contribution in [0.1, 0.15) is 10.4 Å². The minimum absolute atomic E-state index is 0. The summed E-state index contributed by atoms with van der Waals surface area (Å²) in [5.74, 6) is 0.542. The molecular weight excluding hydrogens is 275 g/mol. The molecule has 0 spiro atoms. The lowest BCUT2D eigenvalue weighted by molar-refractivity contribution is 0.0606. The van der Waals surface area contributed by atoms with Crippen LogP contribution < -0.4 is 10.1 Å². The van der Waals surface area contributed by atoms with Gasteiger partial charge in [-0.3, -0.25) is 4.79 Å². The van der Waals surface area contributed by atoms with E-state index in [1.54, 1.807) is 18.2 Å². The third-order valence-electron chi connectivity index (χ3n) is 3.23. The van der Waals surface area contributed by atoms with Gasteiger partial charge in [-0.2, -0.15) is 0 Å². The average Bonchev–Trinajstić information content (AvgIpc) is 2.50. The molecule has 1 saturated heterocycles. The standard InChI is InChI=1S/C12H13ClN2O2.ClH/c13-10-3-1-2-9-11(10)17-7-8-6-14-4-5-15(8)12(9)16;/h1-3,8,14H,4-7H2;1H. The van der Waals surface area contributed by atoms with Crippen molar-refractivity contribution < 1.29 is 9.53 Å². The molecule has 2 aliphatic heterocycles. The van der Waals surface area contributed by atoms with E-state index in [1.165, 1.54) is 0 Å². The Balaban J connectivity index is 0.00000120. The van der Waals surface area contributed by atoms with Gasteiger partial charge in [-0.25, -0.2) is 0 Å². The second kappa shape index (κ2) is 5.34. The molecule has 98 valence electrons. The molecule has 0 saturated carbocycles. The Hall–Kier alpha value is -0.970. The summed E-state index contributed by atoms with van der Waals surface area (Å²) in [6, 6.07) is 5.40. The number of amides is 1. The smallest absolute Gasteiger partial charge is 0.258 e. The number of carbonyl (C=O) groups is 1. The molecule has 6 heteroatoms. The predicted molar refractivity (Wildman–Crippen MR) is 71.9 cm³/mol. The second-order valence-electron chi connectivity index (χ2n) is 4.28. The van der Waals surface area contributed by atoms with Crippen LogP contribution in [0.3, 0.4) is 0 Å². The Kier molecular flexibility index (Phi) is 4.00. The lowest BCUT2D eigenvalue weighted by Crippen LogP contribution is -2.54. The van der Waals surface area contributed by atoms with Crippen molar-refractivity contribution in [2.24, 2.45) is 0 Å². The quantitative estimate of drug-likeness (QED) is 0.788. The number of fused-ring (bicyclic) bond motifs is 2. The van der Waals surface area contributed by atoms with E-state index in [0.29, 0.717) is 22.9 Å². The Morgan fingerprint density at radius 3 is 3.11 bits per heavy atom. The Bertz CT molecular complexity index is 467. The molecule has 1 aromatic rings. The highest BCUT2D eigenvalue weighted by molar-refractivity contribution is 6.32. The SMILES string of the molecule is Cl.O=C1c2cccc(Cl)c2OCC2CNCCN12. The van der Waals surface area contributed by atoms with Crippen LogP contribution in [0.4, 0.5) is 0 Å². The molecule has 3 rings (SSSR count). The van der Waals surface area contributed by atoms with Crippen molar-refractivity contribution in [2.75, 3.05) is 26.2 Å². The van der Waals surface area contributed by atoms with Crippen molar-refractivity contribution in [1.29, 1.82) is 0 Å². The summed E-state index contributed by atoms with van der Waals surface area (Å²) in [5.41, 5.74) is 0.571. The van der Waals surface area contributed by atoms with Gasteiger partial charge in [-0.1, -0.05) is 17.7 Å². The first-order valence-electron chi connectivity index (χ1n) is 5.70. The van der Waals surface area contributed by atoms with Crippen LogP contribution in [0.2, 0.25) is 5.02 Å². The maximum absolute atomic E-state index is 12.4. The summed E-state index contributed by atoms with van der Waals surface area (Å²) in [6.45, 7) is 2.82. The first-order chi connectivity index (χ1) is 8.27. The molecule has 1 N–H and O–H groups in total. The van der Waals surface area contributed by atoms with Crippen molar-refractivity contribution in [2.45, 2.75) is 6.04 Å². The van der Waals surface area contributed by atoms with E-state index in [1.807, 2.05) is 4.90 Å². The number of benzene rings is 1. The topological polar surface area (TPSA) is 41.6 Å². The molecule has 2 aliphatic rings. The molecule has 0 radical (unpaired) electrons. The summed E-state index contributed by atoms with van der Waals surface area (Å²) in [4.78, 5) is 14.3. The molecule has 1 amide bonds. The van der Waals surface area contributed by atoms with Crippen LogP contribution >= 0.6 is 24.0 Å². The van der Waals surface area contributed by atoms with E-state index in [4.69, 9.17) is 16.3 Å². The van der Waals surface area contributed by atoms with Crippen molar-refractivity contribution in [3.63, 3.8) is 0 Å². The molecule has 0 bridgehead atoms. The molecule has 4 nitrogen and oxygen atoms in total. The number of halogens is 2.